The Morgan fingerprint density at radius 1 is 1.25 bits per heavy atom. The van der Waals surface area contributed by atoms with Crippen LogP contribution in [-0.2, 0) is 4.79 Å². The van der Waals surface area contributed by atoms with Gasteiger partial charge in [0.15, 0.2) is 0 Å². The Kier molecular flexibility index (Phi) is 9.24. The van der Waals surface area contributed by atoms with Crippen molar-refractivity contribution >= 4 is 5.97 Å². The van der Waals surface area contributed by atoms with Crippen LogP contribution < -0.4 is 5.32 Å². The van der Waals surface area contributed by atoms with E-state index in [0.717, 1.165) is 38.8 Å². The van der Waals surface area contributed by atoms with Crippen LogP contribution in [0.5, 0.6) is 0 Å². The maximum absolute atomic E-state index is 10.9. The highest BCUT2D eigenvalue weighted by molar-refractivity contribution is 5.73. The van der Waals surface area contributed by atoms with Crippen LogP contribution in [-0.4, -0.2) is 48.7 Å². The van der Waals surface area contributed by atoms with Gasteiger partial charge < -0.3 is 15.3 Å². The van der Waals surface area contributed by atoms with Crippen molar-refractivity contribution in [2.24, 2.45) is 0 Å². The molecule has 0 aliphatic heterocycles. The number of carboxylic acids is 1. The van der Waals surface area contributed by atoms with Crippen molar-refractivity contribution in [2.75, 3.05) is 26.7 Å². The first-order chi connectivity index (χ1) is 7.65. The smallest absolute Gasteiger partial charge is 0.322 e. The quantitative estimate of drug-likeness (QED) is 0.598. The van der Waals surface area contributed by atoms with Crippen molar-refractivity contribution in [1.82, 2.24) is 10.2 Å². The zero-order valence-electron chi connectivity index (χ0n) is 10.8. The van der Waals surface area contributed by atoms with Crippen molar-refractivity contribution < 1.29 is 9.90 Å². The molecule has 0 bridgehead atoms. The standard InChI is InChI=1S/C12H26N2O2/c1-4-6-8-14(9-7-5-2)10-11(13-3)12(15)16/h11,13H,4-10H2,1-3H3,(H,15,16). The summed E-state index contributed by atoms with van der Waals surface area (Å²) in [4.78, 5) is 13.2. The number of nitrogens with zero attached hydrogens (tertiary/aromatic N) is 1. The summed E-state index contributed by atoms with van der Waals surface area (Å²) < 4.78 is 0. The van der Waals surface area contributed by atoms with Gasteiger partial charge in [0.1, 0.15) is 6.04 Å². The Bertz CT molecular complexity index is 178. The summed E-state index contributed by atoms with van der Waals surface area (Å²) in [6.07, 6.45) is 4.58. The first-order valence-electron chi connectivity index (χ1n) is 6.28. The molecule has 0 heterocycles. The number of carboxylic acid groups (broad SMARTS) is 1. The van der Waals surface area contributed by atoms with E-state index in [-0.39, 0.29) is 0 Å². The summed E-state index contributed by atoms with van der Waals surface area (Å²) in [6, 6.07) is -0.450. The Morgan fingerprint density at radius 3 is 2.06 bits per heavy atom. The molecule has 4 nitrogen and oxygen atoms in total. The predicted molar refractivity (Wildman–Crippen MR) is 66.7 cm³/mol. The van der Waals surface area contributed by atoms with Crippen LogP contribution in [0.15, 0.2) is 0 Å². The van der Waals surface area contributed by atoms with E-state index in [9.17, 15) is 4.79 Å². The van der Waals surface area contributed by atoms with Gasteiger partial charge in [0, 0.05) is 6.54 Å². The summed E-state index contributed by atoms with van der Waals surface area (Å²) in [6.45, 7) is 6.92. The van der Waals surface area contributed by atoms with Crippen LogP contribution in [0.3, 0.4) is 0 Å². The number of rotatable bonds is 10. The van der Waals surface area contributed by atoms with E-state index < -0.39 is 12.0 Å². The van der Waals surface area contributed by atoms with E-state index in [1.54, 1.807) is 7.05 Å². The second kappa shape index (κ2) is 9.60. The zero-order chi connectivity index (χ0) is 12.4. The highest BCUT2D eigenvalue weighted by Gasteiger charge is 2.18. The van der Waals surface area contributed by atoms with Crippen molar-refractivity contribution in [3.63, 3.8) is 0 Å². The number of hydrogen-bond donors (Lipinski definition) is 2. The van der Waals surface area contributed by atoms with Crippen LogP contribution in [0.25, 0.3) is 0 Å². The van der Waals surface area contributed by atoms with E-state index in [2.05, 4.69) is 24.1 Å². The van der Waals surface area contributed by atoms with Gasteiger partial charge >= 0.3 is 5.97 Å². The van der Waals surface area contributed by atoms with Crippen LogP contribution in [0.4, 0.5) is 0 Å². The fourth-order valence-electron chi connectivity index (χ4n) is 1.61. The molecule has 0 saturated heterocycles. The molecule has 1 atom stereocenters. The number of likely N-dealkylation sites (N-methyl/N-ethyl adjacent to an activating group) is 1. The molecular weight excluding hydrogens is 204 g/mol. The molecule has 96 valence electrons. The summed E-state index contributed by atoms with van der Waals surface area (Å²) in [7, 11) is 1.70. The van der Waals surface area contributed by atoms with Crippen molar-refractivity contribution in [2.45, 2.75) is 45.6 Å². The fourth-order valence-corrected chi connectivity index (χ4v) is 1.61. The summed E-state index contributed by atoms with van der Waals surface area (Å²) >= 11 is 0. The summed E-state index contributed by atoms with van der Waals surface area (Å²) in [5.41, 5.74) is 0. The Hall–Kier alpha value is -0.610. The second-order valence-corrected chi connectivity index (χ2v) is 4.19. The molecule has 16 heavy (non-hydrogen) atoms. The molecule has 0 fully saturated rings. The lowest BCUT2D eigenvalue weighted by molar-refractivity contribution is -0.139. The Balaban J connectivity index is 4.09. The molecule has 1 unspecified atom stereocenters. The normalized spacial score (nSPS) is 13.0. The van der Waals surface area contributed by atoms with Gasteiger partial charge in [0.2, 0.25) is 0 Å². The first kappa shape index (κ1) is 15.4. The minimum absolute atomic E-state index is 0.450. The minimum atomic E-state index is -0.763. The number of aliphatic carboxylic acids is 1. The molecule has 0 aromatic rings. The maximum atomic E-state index is 10.9. The van der Waals surface area contributed by atoms with E-state index in [1.165, 1.54) is 0 Å². The molecule has 2 N–H and O–H groups in total. The van der Waals surface area contributed by atoms with Crippen molar-refractivity contribution in [3.05, 3.63) is 0 Å². The first-order valence-corrected chi connectivity index (χ1v) is 6.28. The van der Waals surface area contributed by atoms with Crippen molar-refractivity contribution in [1.29, 1.82) is 0 Å². The van der Waals surface area contributed by atoms with Gasteiger partial charge in [0.25, 0.3) is 0 Å². The zero-order valence-corrected chi connectivity index (χ0v) is 10.8. The highest BCUT2D eigenvalue weighted by Crippen LogP contribution is 2.01. The Labute approximate surface area is 99.0 Å². The number of carbonyl (C=O) groups is 1. The molecule has 0 aromatic heterocycles. The lowest BCUT2D eigenvalue weighted by Crippen LogP contribution is -2.45. The van der Waals surface area contributed by atoms with Gasteiger partial charge in [-0.3, -0.25) is 4.79 Å². The van der Waals surface area contributed by atoms with Gasteiger partial charge in [-0.15, -0.1) is 0 Å². The fraction of sp³-hybridized carbons (Fsp3) is 0.917. The van der Waals surface area contributed by atoms with E-state index in [4.69, 9.17) is 5.11 Å². The third-order valence-electron chi connectivity index (χ3n) is 2.74. The molecule has 0 radical (unpaired) electrons. The Morgan fingerprint density at radius 2 is 1.75 bits per heavy atom. The van der Waals surface area contributed by atoms with E-state index >= 15 is 0 Å². The number of nitrogens with one attached hydrogen (secondary N) is 1. The third kappa shape index (κ3) is 6.80. The lowest BCUT2D eigenvalue weighted by atomic mass is 10.2. The average molecular weight is 230 g/mol. The summed E-state index contributed by atoms with van der Waals surface area (Å²) in [5, 5.41) is 11.8. The van der Waals surface area contributed by atoms with Crippen LogP contribution in [0.2, 0.25) is 0 Å². The van der Waals surface area contributed by atoms with E-state index in [0.29, 0.717) is 6.54 Å². The molecular formula is C12H26N2O2. The molecule has 0 rings (SSSR count). The molecule has 0 aliphatic rings. The molecule has 0 spiro atoms. The molecule has 0 aromatic carbocycles. The number of hydrogen-bond acceptors (Lipinski definition) is 3. The van der Waals surface area contributed by atoms with Crippen LogP contribution in [0.1, 0.15) is 39.5 Å². The van der Waals surface area contributed by atoms with Gasteiger partial charge in [-0.2, -0.15) is 0 Å². The van der Waals surface area contributed by atoms with Gasteiger partial charge in [-0.05, 0) is 33.0 Å². The topological polar surface area (TPSA) is 52.6 Å². The second-order valence-electron chi connectivity index (χ2n) is 4.19. The van der Waals surface area contributed by atoms with Crippen LogP contribution >= 0.6 is 0 Å². The maximum Gasteiger partial charge on any atom is 0.322 e. The monoisotopic (exact) mass is 230 g/mol. The van der Waals surface area contributed by atoms with Crippen molar-refractivity contribution in [3.8, 4) is 0 Å². The van der Waals surface area contributed by atoms with E-state index in [1.807, 2.05) is 0 Å². The lowest BCUT2D eigenvalue weighted by Gasteiger charge is -2.25. The largest absolute Gasteiger partial charge is 0.480 e. The van der Waals surface area contributed by atoms with Gasteiger partial charge in [-0.1, -0.05) is 26.7 Å². The predicted octanol–water partition coefficient (Wildman–Crippen LogP) is 1.56. The van der Waals surface area contributed by atoms with Gasteiger partial charge in [-0.25, -0.2) is 0 Å². The third-order valence-corrected chi connectivity index (χ3v) is 2.74. The summed E-state index contributed by atoms with van der Waals surface area (Å²) in [5.74, 6) is -0.763. The molecule has 0 amide bonds. The van der Waals surface area contributed by atoms with Gasteiger partial charge in [0.05, 0.1) is 0 Å². The minimum Gasteiger partial charge on any atom is -0.480 e. The number of unbranched alkanes of at least 4 members (excludes halogenated alkanes) is 2. The molecule has 4 heteroatoms. The molecule has 0 aliphatic carbocycles. The van der Waals surface area contributed by atoms with Crippen LogP contribution in [0, 0.1) is 0 Å². The highest BCUT2D eigenvalue weighted by atomic mass is 16.4. The average Bonchev–Trinajstić information content (AvgIpc) is 2.27. The molecule has 0 saturated carbocycles. The SMILES string of the molecule is CCCCN(CCCC)CC(NC)C(=O)O.